The summed E-state index contributed by atoms with van der Waals surface area (Å²) in [6, 6.07) is 4.35. The fourth-order valence-electron chi connectivity index (χ4n) is 1.47. The number of halogens is 4. The molecule has 0 aliphatic carbocycles. The number of ketones is 1. The number of rotatable bonds is 6. The molecular formula is C12H12ClF3O2S. The van der Waals surface area contributed by atoms with E-state index in [0.717, 1.165) is 0 Å². The lowest BCUT2D eigenvalue weighted by Gasteiger charge is -2.15. The van der Waals surface area contributed by atoms with Crippen molar-refractivity contribution in [3.63, 3.8) is 0 Å². The largest absolute Gasteiger partial charge is 0.492 e. The summed E-state index contributed by atoms with van der Waals surface area (Å²) in [6.45, 7) is 1.89. The Kier molecular flexibility index (Phi) is 6.00. The van der Waals surface area contributed by atoms with E-state index >= 15 is 0 Å². The molecule has 1 aromatic rings. The first-order valence-electron chi connectivity index (χ1n) is 5.45. The Morgan fingerprint density at radius 1 is 1.42 bits per heavy atom. The second kappa shape index (κ2) is 7.05. The van der Waals surface area contributed by atoms with Crippen LogP contribution >= 0.6 is 23.4 Å². The van der Waals surface area contributed by atoms with Crippen LogP contribution in [0.15, 0.2) is 23.1 Å². The van der Waals surface area contributed by atoms with Crippen LogP contribution < -0.4 is 4.74 Å². The van der Waals surface area contributed by atoms with Crippen LogP contribution in [0.5, 0.6) is 5.75 Å². The van der Waals surface area contributed by atoms with Crippen LogP contribution in [0.25, 0.3) is 0 Å². The number of Topliss-reactive ketones (excluding diaryl/α,β-unsaturated/α-hetero) is 1. The van der Waals surface area contributed by atoms with Gasteiger partial charge >= 0.3 is 5.51 Å². The Morgan fingerprint density at radius 2 is 2.11 bits per heavy atom. The smallest absolute Gasteiger partial charge is 0.446 e. The highest BCUT2D eigenvalue weighted by Crippen LogP contribution is 2.42. The number of hydrogen-bond acceptors (Lipinski definition) is 3. The minimum absolute atomic E-state index is 0.0366. The molecule has 0 aliphatic rings. The normalized spacial score (nSPS) is 11.4. The van der Waals surface area contributed by atoms with E-state index in [0.29, 0.717) is 5.56 Å². The Morgan fingerprint density at radius 3 is 2.63 bits per heavy atom. The van der Waals surface area contributed by atoms with E-state index in [9.17, 15) is 18.0 Å². The summed E-state index contributed by atoms with van der Waals surface area (Å²) < 4.78 is 42.6. The molecule has 1 rings (SSSR count). The van der Waals surface area contributed by atoms with Crippen LogP contribution in [0.4, 0.5) is 13.2 Å². The minimum atomic E-state index is -4.40. The van der Waals surface area contributed by atoms with Gasteiger partial charge in [-0.2, -0.15) is 13.2 Å². The number of hydrogen-bond donors (Lipinski definition) is 0. The molecule has 0 saturated carbocycles. The van der Waals surface area contributed by atoms with Gasteiger partial charge < -0.3 is 4.74 Å². The number of para-hydroxylation sites is 1. The molecule has 0 saturated heterocycles. The fraction of sp³-hybridized carbons (Fsp3) is 0.417. The number of carbonyl (C=O) groups is 1. The van der Waals surface area contributed by atoms with Crippen molar-refractivity contribution >= 4 is 29.1 Å². The van der Waals surface area contributed by atoms with Crippen LogP contribution in [0.1, 0.15) is 12.5 Å². The van der Waals surface area contributed by atoms with Gasteiger partial charge in [-0.15, -0.1) is 11.6 Å². The molecule has 0 amide bonds. The molecule has 0 heterocycles. The second-order valence-corrected chi connectivity index (χ2v) is 4.95. The first kappa shape index (κ1) is 16.2. The van der Waals surface area contributed by atoms with Gasteiger partial charge in [-0.25, -0.2) is 0 Å². The molecule has 0 bridgehead atoms. The van der Waals surface area contributed by atoms with Gasteiger partial charge in [0.1, 0.15) is 5.75 Å². The average molecular weight is 313 g/mol. The van der Waals surface area contributed by atoms with Gasteiger partial charge in [-0.1, -0.05) is 12.1 Å². The summed E-state index contributed by atoms with van der Waals surface area (Å²) in [5, 5.41) is 0. The van der Waals surface area contributed by atoms with Crippen molar-refractivity contribution in [3.8, 4) is 5.75 Å². The molecular weight excluding hydrogens is 301 g/mol. The van der Waals surface area contributed by atoms with Crippen LogP contribution in [0, 0.1) is 0 Å². The summed E-state index contributed by atoms with van der Waals surface area (Å²) in [7, 11) is 0. The number of alkyl halides is 4. The van der Waals surface area contributed by atoms with E-state index in [-0.39, 0.29) is 47.1 Å². The van der Waals surface area contributed by atoms with Gasteiger partial charge in [-0.3, -0.25) is 4.79 Å². The van der Waals surface area contributed by atoms with Crippen molar-refractivity contribution < 1.29 is 22.7 Å². The lowest BCUT2D eigenvalue weighted by molar-refractivity contribution is -0.116. The predicted octanol–water partition coefficient (Wildman–Crippen LogP) is 4.05. The zero-order valence-corrected chi connectivity index (χ0v) is 11.7. The third-order valence-electron chi connectivity index (χ3n) is 2.11. The molecule has 0 N–H and O–H groups in total. The maximum atomic E-state index is 12.4. The average Bonchev–Trinajstić information content (AvgIpc) is 2.31. The van der Waals surface area contributed by atoms with E-state index in [1.54, 1.807) is 13.0 Å². The highest BCUT2D eigenvalue weighted by molar-refractivity contribution is 8.00. The summed E-state index contributed by atoms with van der Waals surface area (Å²) in [6.07, 6.45) is -0.0366. The third kappa shape index (κ3) is 5.32. The summed E-state index contributed by atoms with van der Waals surface area (Å²) in [4.78, 5) is 11.3. The van der Waals surface area contributed by atoms with E-state index in [1.807, 2.05) is 0 Å². The Hall–Kier alpha value is -0.880. The zero-order valence-electron chi connectivity index (χ0n) is 10.1. The topological polar surface area (TPSA) is 26.3 Å². The van der Waals surface area contributed by atoms with Crippen LogP contribution in [0.3, 0.4) is 0 Å². The molecule has 0 atom stereocenters. The summed E-state index contributed by atoms with van der Waals surface area (Å²) >= 11 is 5.15. The molecule has 19 heavy (non-hydrogen) atoms. The second-order valence-electron chi connectivity index (χ2n) is 3.57. The van der Waals surface area contributed by atoms with Gasteiger partial charge in [0.15, 0.2) is 5.78 Å². The molecule has 7 heteroatoms. The molecule has 1 aromatic carbocycles. The quantitative estimate of drug-likeness (QED) is 0.585. The Balaban J connectivity index is 3.09. The van der Waals surface area contributed by atoms with Crippen molar-refractivity contribution in [1.29, 1.82) is 0 Å². The van der Waals surface area contributed by atoms with Crippen LogP contribution in [-0.2, 0) is 11.2 Å². The molecule has 0 unspecified atom stereocenters. The summed E-state index contributed by atoms with van der Waals surface area (Å²) in [5.74, 6) is -0.343. The van der Waals surface area contributed by atoms with E-state index < -0.39 is 5.51 Å². The monoisotopic (exact) mass is 312 g/mol. The number of ether oxygens (including phenoxy) is 1. The first-order valence-corrected chi connectivity index (χ1v) is 6.80. The van der Waals surface area contributed by atoms with Gasteiger partial charge in [0.25, 0.3) is 0 Å². The Labute approximate surface area is 118 Å². The summed E-state index contributed by atoms with van der Waals surface area (Å²) in [5.41, 5.74) is -3.98. The zero-order chi connectivity index (χ0) is 14.5. The maximum absolute atomic E-state index is 12.4. The van der Waals surface area contributed by atoms with Crippen molar-refractivity contribution in [2.24, 2.45) is 0 Å². The lowest BCUT2D eigenvalue weighted by Crippen LogP contribution is -2.08. The molecule has 0 aliphatic heterocycles. The lowest BCUT2D eigenvalue weighted by atomic mass is 10.1. The van der Waals surface area contributed by atoms with E-state index in [2.05, 4.69) is 0 Å². The molecule has 0 spiro atoms. The van der Waals surface area contributed by atoms with Gasteiger partial charge in [-0.05, 0) is 24.8 Å². The van der Waals surface area contributed by atoms with E-state index in [1.165, 1.54) is 12.1 Å². The maximum Gasteiger partial charge on any atom is 0.446 e. The van der Waals surface area contributed by atoms with Crippen LogP contribution in [-0.4, -0.2) is 23.8 Å². The van der Waals surface area contributed by atoms with Gasteiger partial charge in [0.2, 0.25) is 0 Å². The van der Waals surface area contributed by atoms with Crippen LogP contribution in [0.2, 0.25) is 0 Å². The fourth-order valence-corrected chi connectivity index (χ4v) is 2.25. The number of thioether (sulfide) groups is 1. The highest BCUT2D eigenvalue weighted by atomic mass is 35.5. The minimum Gasteiger partial charge on any atom is -0.492 e. The van der Waals surface area contributed by atoms with Crippen molar-refractivity contribution in [3.05, 3.63) is 23.8 Å². The highest BCUT2D eigenvalue weighted by Gasteiger charge is 2.31. The molecule has 2 nitrogen and oxygen atoms in total. The molecule has 106 valence electrons. The number of benzene rings is 1. The number of carbonyl (C=O) groups excluding carboxylic acids is 1. The third-order valence-corrected chi connectivity index (χ3v) is 3.18. The molecule has 0 aromatic heterocycles. The molecule has 0 radical (unpaired) electrons. The standard InChI is InChI=1S/C12H12ClF3O2S/c1-2-18-11-8(6-9(17)7-13)4-3-5-10(11)19-12(14,15)16/h3-5H,2,6-7H2,1H3. The van der Waals surface area contributed by atoms with Gasteiger partial charge in [0, 0.05) is 12.0 Å². The van der Waals surface area contributed by atoms with E-state index in [4.69, 9.17) is 16.3 Å². The Bertz CT molecular complexity index is 449. The SMILES string of the molecule is CCOc1c(CC(=O)CCl)cccc1SC(F)(F)F. The molecule has 0 fully saturated rings. The van der Waals surface area contributed by atoms with Crippen molar-refractivity contribution in [2.45, 2.75) is 23.7 Å². The predicted molar refractivity (Wildman–Crippen MR) is 69.0 cm³/mol. The first-order chi connectivity index (χ1) is 8.87. The van der Waals surface area contributed by atoms with Gasteiger partial charge in [0.05, 0.1) is 17.4 Å². The van der Waals surface area contributed by atoms with Crippen molar-refractivity contribution in [2.75, 3.05) is 12.5 Å². The van der Waals surface area contributed by atoms with Crippen molar-refractivity contribution in [1.82, 2.24) is 0 Å².